The van der Waals surface area contributed by atoms with Crippen molar-refractivity contribution >= 4 is 60.8 Å². The molecule has 0 aliphatic carbocycles. The summed E-state index contributed by atoms with van der Waals surface area (Å²) >= 11 is 11.4. The number of phenolic OH excluding ortho intramolecular Hbond substituents is 1. The largest absolute Gasteiger partial charge is 0.506 e. The quantitative estimate of drug-likeness (QED) is 0.477. The van der Waals surface area contributed by atoms with Crippen molar-refractivity contribution in [2.45, 2.75) is 0 Å². The number of anilines is 1. The Labute approximate surface area is 148 Å². The molecule has 0 fully saturated rings. The van der Waals surface area contributed by atoms with Gasteiger partial charge in [-0.2, -0.15) is 0 Å². The van der Waals surface area contributed by atoms with E-state index in [1.807, 2.05) is 0 Å². The molecule has 0 spiro atoms. The fraction of sp³-hybridized carbons (Fsp3) is 0. The van der Waals surface area contributed by atoms with E-state index in [0.717, 1.165) is 0 Å². The highest BCUT2D eigenvalue weighted by Crippen LogP contribution is 2.35. The predicted octanol–water partition coefficient (Wildman–Crippen LogP) is 4.18. The zero-order valence-corrected chi connectivity index (χ0v) is 14.9. The molecule has 0 atom stereocenters. The number of aromatic hydroxyl groups is 1. The standard InChI is InChI=1S/C14H9Br2FN2O2S/c15-10-5-9(6-11(16)12(10)20)18-14(22)19-13(21)7-1-3-8(17)4-2-7/h1-6,20H,(H2,18,19,21,22). The molecule has 0 unspecified atom stereocenters. The fourth-order valence-electron chi connectivity index (χ4n) is 1.58. The number of carbonyl (C=O) groups excluding carboxylic acids is 1. The molecule has 0 aliphatic rings. The molecule has 8 heteroatoms. The summed E-state index contributed by atoms with van der Waals surface area (Å²) in [5, 5.41) is 15.0. The third-order valence-corrected chi connectivity index (χ3v) is 4.02. The highest BCUT2D eigenvalue weighted by atomic mass is 79.9. The molecule has 0 bridgehead atoms. The van der Waals surface area contributed by atoms with Gasteiger partial charge < -0.3 is 10.4 Å². The molecule has 2 aromatic carbocycles. The summed E-state index contributed by atoms with van der Waals surface area (Å²) < 4.78 is 13.7. The monoisotopic (exact) mass is 446 g/mol. The second-order valence-corrected chi connectivity index (χ2v) is 6.32. The first-order valence-corrected chi connectivity index (χ1v) is 7.92. The topological polar surface area (TPSA) is 61.4 Å². The molecule has 0 aliphatic heterocycles. The van der Waals surface area contributed by atoms with Crippen LogP contribution in [0.2, 0.25) is 0 Å². The Bertz CT molecular complexity index is 715. The number of rotatable bonds is 2. The Morgan fingerprint density at radius 1 is 1.14 bits per heavy atom. The molecule has 2 rings (SSSR count). The van der Waals surface area contributed by atoms with Crippen LogP contribution in [0.1, 0.15) is 10.4 Å². The van der Waals surface area contributed by atoms with Crippen molar-refractivity contribution < 1.29 is 14.3 Å². The van der Waals surface area contributed by atoms with Crippen molar-refractivity contribution in [3.05, 3.63) is 56.7 Å². The molecule has 114 valence electrons. The molecule has 1 amide bonds. The first kappa shape index (κ1) is 16.9. The Kier molecular flexibility index (Phi) is 5.49. The zero-order valence-electron chi connectivity index (χ0n) is 10.9. The molecule has 22 heavy (non-hydrogen) atoms. The number of nitrogens with one attached hydrogen (secondary N) is 2. The lowest BCUT2D eigenvalue weighted by Gasteiger charge is -2.11. The van der Waals surface area contributed by atoms with Gasteiger partial charge in [-0.3, -0.25) is 10.1 Å². The van der Waals surface area contributed by atoms with Gasteiger partial charge in [0.2, 0.25) is 0 Å². The molecule has 0 heterocycles. The van der Waals surface area contributed by atoms with Gasteiger partial charge in [-0.15, -0.1) is 0 Å². The normalized spacial score (nSPS) is 10.1. The highest BCUT2D eigenvalue weighted by molar-refractivity contribution is 9.11. The number of carbonyl (C=O) groups is 1. The van der Waals surface area contributed by atoms with Crippen molar-refractivity contribution in [2.24, 2.45) is 0 Å². The van der Waals surface area contributed by atoms with Crippen LogP contribution < -0.4 is 10.6 Å². The highest BCUT2D eigenvalue weighted by Gasteiger charge is 2.10. The van der Waals surface area contributed by atoms with E-state index in [2.05, 4.69) is 42.5 Å². The summed E-state index contributed by atoms with van der Waals surface area (Å²) in [6.45, 7) is 0. The lowest BCUT2D eigenvalue weighted by molar-refractivity contribution is 0.0977. The average molecular weight is 448 g/mol. The van der Waals surface area contributed by atoms with Gasteiger partial charge in [-0.1, -0.05) is 0 Å². The van der Waals surface area contributed by atoms with Crippen molar-refractivity contribution in [2.75, 3.05) is 5.32 Å². The van der Waals surface area contributed by atoms with Crippen LogP contribution >= 0.6 is 44.1 Å². The Balaban J connectivity index is 2.04. The van der Waals surface area contributed by atoms with Crippen LogP contribution in [0.25, 0.3) is 0 Å². The van der Waals surface area contributed by atoms with Gasteiger partial charge in [-0.25, -0.2) is 4.39 Å². The summed E-state index contributed by atoms with van der Waals surface area (Å²) in [5.41, 5.74) is 0.861. The zero-order chi connectivity index (χ0) is 16.3. The van der Waals surface area contributed by atoms with Crippen LogP contribution in [0.4, 0.5) is 10.1 Å². The SMILES string of the molecule is O=C(NC(=S)Nc1cc(Br)c(O)c(Br)c1)c1ccc(F)cc1. The van der Waals surface area contributed by atoms with Crippen molar-refractivity contribution in [1.82, 2.24) is 5.32 Å². The van der Waals surface area contributed by atoms with E-state index >= 15 is 0 Å². The maximum atomic E-state index is 12.8. The lowest BCUT2D eigenvalue weighted by Crippen LogP contribution is -2.34. The summed E-state index contributed by atoms with van der Waals surface area (Å²) in [6, 6.07) is 8.33. The fourth-order valence-corrected chi connectivity index (χ4v) is 2.97. The number of amides is 1. The van der Waals surface area contributed by atoms with Crippen LogP contribution in [-0.4, -0.2) is 16.1 Å². The van der Waals surface area contributed by atoms with E-state index in [-0.39, 0.29) is 10.9 Å². The van der Waals surface area contributed by atoms with Crippen molar-refractivity contribution in [3.63, 3.8) is 0 Å². The van der Waals surface area contributed by atoms with Crippen molar-refractivity contribution in [1.29, 1.82) is 0 Å². The van der Waals surface area contributed by atoms with Crippen LogP contribution in [-0.2, 0) is 0 Å². The van der Waals surface area contributed by atoms with E-state index in [9.17, 15) is 14.3 Å². The molecule has 2 aromatic rings. The number of benzene rings is 2. The molecule has 3 N–H and O–H groups in total. The number of hydrogen-bond acceptors (Lipinski definition) is 3. The van der Waals surface area contributed by atoms with Gasteiger partial charge in [-0.05, 0) is 80.5 Å². The molecular weight excluding hydrogens is 439 g/mol. The van der Waals surface area contributed by atoms with Gasteiger partial charge in [0.05, 0.1) is 8.95 Å². The van der Waals surface area contributed by atoms with Gasteiger partial charge in [0.25, 0.3) is 5.91 Å². The Hall–Kier alpha value is -1.51. The minimum Gasteiger partial charge on any atom is -0.506 e. The van der Waals surface area contributed by atoms with Crippen LogP contribution in [0, 0.1) is 5.82 Å². The molecule has 0 saturated carbocycles. The summed E-state index contributed by atoms with van der Waals surface area (Å²) in [5.74, 6) is -0.808. The smallest absolute Gasteiger partial charge is 0.257 e. The Morgan fingerprint density at radius 2 is 1.68 bits per heavy atom. The first-order valence-electron chi connectivity index (χ1n) is 5.92. The van der Waals surface area contributed by atoms with Crippen LogP contribution in [0.3, 0.4) is 0 Å². The first-order chi connectivity index (χ1) is 10.4. The van der Waals surface area contributed by atoms with Crippen LogP contribution in [0.15, 0.2) is 45.3 Å². The van der Waals surface area contributed by atoms with Gasteiger partial charge >= 0.3 is 0 Å². The second-order valence-electron chi connectivity index (χ2n) is 4.20. The average Bonchev–Trinajstić information content (AvgIpc) is 2.45. The predicted molar refractivity (Wildman–Crippen MR) is 93.6 cm³/mol. The van der Waals surface area contributed by atoms with E-state index in [0.29, 0.717) is 20.2 Å². The maximum absolute atomic E-state index is 12.8. The van der Waals surface area contributed by atoms with Gasteiger partial charge in [0.1, 0.15) is 11.6 Å². The van der Waals surface area contributed by atoms with Gasteiger partial charge in [0.15, 0.2) is 5.11 Å². The van der Waals surface area contributed by atoms with E-state index in [1.165, 1.54) is 24.3 Å². The summed E-state index contributed by atoms with van der Waals surface area (Å²) in [7, 11) is 0. The third kappa shape index (κ3) is 4.25. The summed E-state index contributed by atoms with van der Waals surface area (Å²) in [6.07, 6.45) is 0. The third-order valence-electron chi connectivity index (χ3n) is 2.61. The van der Waals surface area contributed by atoms with Crippen LogP contribution in [0.5, 0.6) is 5.75 Å². The molecule has 0 radical (unpaired) electrons. The second kappa shape index (κ2) is 7.17. The number of phenols is 1. The lowest BCUT2D eigenvalue weighted by atomic mass is 10.2. The van der Waals surface area contributed by atoms with Crippen molar-refractivity contribution in [3.8, 4) is 5.75 Å². The number of halogens is 3. The van der Waals surface area contributed by atoms with E-state index < -0.39 is 11.7 Å². The van der Waals surface area contributed by atoms with E-state index in [4.69, 9.17) is 12.2 Å². The maximum Gasteiger partial charge on any atom is 0.257 e. The minimum absolute atomic E-state index is 0.0619. The molecule has 0 aromatic heterocycles. The van der Waals surface area contributed by atoms with E-state index in [1.54, 1.807) is 12.1 Å². The number of hydrogen-bond donors (Lipinski definition) is 3. The molecule has 0 saturated heterocycles. The molecular formula is C14H9Br2FN2O2S. The molecule has 4 nitrogen and oxygen atoms in total. The summed E-state index contributed by atoms with van der Waals surface area (Å²) in [4.78, 5) is 11.9. The minimum atomic E-state index is -0.450. The Morgan fingerprint density at radius 3 is 2.23 bits per heavy atom. The van der Waals surface area contributed by atoms with Gasteiger partial charge in [0, 0.05) is 11.3 Å². The number of thiocarbonyl (C=S) groups is 1.